The van der Waals surface area contributed by atoms with Crippen molar-refractivity contribution in [3.05, 3.63) is 62.8 Å². The molecule has 176 valence electrons. The number of amides is 2. The zero-order chi connectivity index (χ0) is 24.1. The summed E-state index contributed by atoms with van der Waals surface area (Å²) in [4.78, 5) is 49.2. The predicted molar refractivity (Wildman–Crippen MR) is 117 cm³/mol. The van der Waals surface area contributed by atoms with E-state index in [0.717, 1.165) is 42.9 Å². The number of pyridine rings is 1. The SMILES string of the molecule is Cc1ccc(Cn2cc(C(=O)NC3CCCCC3)c(O)c(C(=O)NCC(=O)O)c2=O)c(F)c1. The molecule has 3 rings (SSSR count). The van der Waals surface area contributed by atoms with E-state index in [1.54, 1.807) is 13.0 Å². The minimum Gasteiger partial charge on any atom is -0.506 e. The Morgan fingerprint density at radius 1 is 1.15 bits per heavy atom. The molecular weight excluding hydrogens is 433 g/mol. The molecule has 4 N–H and O–H groups in total. The van der Waals surface area contributed by atoms with Crippen LogP contribution in [0.15, 0.2) is 29.2 Å². The van der Waals surface area contributed by atoms with E-state index in [2.05, 4.69) is 5.32 Å². The van der Waals surface area contributed by atoms with Gasteiger partial charge in [0.25, 0.3) is 17.4 Å². The number of aryl methyl sites for hydroxylation is 1. The zero-order valence-corrected chi connectivity index (χ0v) is 18.2. The third-order valence-electron chi connectivity index (χ3n) is 5.61. The quantitative estimate of drug-likeness (QED) is 0.499. The third kappa shape index (κ3) is 5.76. The molecule has 1 aromatic heterocycles. The van der Waals surface area contributed by atoms with Gasteiger partial charge in [-0.15, -0.1) is 0 Å². The van der Waals surface area contributed by atoms with Gasteiger partial charge in [-0.2, -0.15) is 0 Å². The number of aromatic nitrogens is 1. The van der Waals surface area contributed by atoms with Crippen LogP contribution in [-0.4, -0.2) is 45.2 Å². The summed E-state index contributed by atoms with van der Waals surface area (Å²) < 4.78 is 15.4. The van der Waals surface area contributed by atoms with Crippen molar-refractivity contribution in [2.24, 2.45) is 0 Å². The number of carbonyl (C=O) groups excluding carboxylic acids is 2. The van der Waals surface area contributed by atoms with Gasteiger partial charge in [0.15, 0.2) is 0 Å². The van der Waals surface area contributed by atoms with Crippen LogP contribution in [0.3, 0.4) is 0 Å². The van der Waals surface area contributed by atoms with Gasteiger partial charge in [-0.05, 0) is 31.4 Å². The first-order chi connectivity index (χ1) is 15.7. The van der Waals surface area contributed by atoms with Crippen LogP contribution in [-0.2, 0) is 11.3 Å². The van der Waals surface area contributed by atoms with Gasteiger partial charge in [0, 0.05) is 17.8 Å². The van der Waals surface area contributed by atoms with Gasteiger partial charge < -0.3 is 25.4 Å². The third-order valence-corrected chi connectivity index (χ3v) is 5.61. The minimum absolute atomic E-state index is 0.107. The first kappa shape index (κ1) is 24.0. The first-order valence-electron chi connectivity index (χ1n) is 10.7. The fourth-order valence-corrected chi connectivity index (χ4v) is 3.86. The van der Waals surface area contributed by atoms with Gasteiger partial charge in [0.1, 0.15) is 23.7 Å². The number of carbonyl (C=O) groups is 3. The lowest BCUT2D eigenvalue weighted by molar-refractivity contribution is -0.135. The minimum atomic E-state index is -1.35. The summed E-state index contributed by atoms with van der Waals surface area (Å²) in [7, 11) is 0. The van der Waals surface area contributed by atoms with Crippen LogP contribution in [0.25, 0.3) is 0 Å². The maximum atomic E-state index is 14.4. The van der Waals surface area contributed by atoms with Crippen molar-refractivity contribution < 1.29 is 29.0 Å². The lowest BCUT2D eigenvalue weighted by Gasteiger charge is -2.23. The molecule has 9 nitrogen and oxygen atoms in total. The molecule has 0 unspecified atom stereocenters. The van der Waals surface area contributed by atoms with Crippen LogP contribution in [0.1, 0.15) is 63.9 Å². The second-order valence-corrected chi connectivity index (χ2v) is 8.18. The van der Waals surface area contributed by atoms with Crippen LogP contribution in [0, 0.1) is 12.7 Å². The molecule has 1 fully saturated rings. The molecule has 1 aliphatic rings. The lowest BCUT2D eigenvalue weighted by atomic mass is 9.95. The van der Waals surface area contributed by atoms with Gasteiger partial charge in [-0.1, -0.05) is 31.4 Å². The monoisotopic (exact) mass is 459 g/mol. The smallest absolute Gasteiger partial charge is 0.322 e. The van der Waals surface area contributed by atoms with Gasteiger partial charge in [-0.3, -0.25) is 19.2 Å². The summed E-state index contributed by atoms with van der Waals surface area (Å²) in [5, 5.41) is 24.3. The Bertz CT molecular complexity index is 1140. The Labute approximate surface area is 189 Å². The van der Waals surface area contributed by atoms with Crippen LogP contribution >= 0.6 is 0 Å². The number of carboxylic acids is 1. The van der Waals surface area contributed by atoms with Crippen LogP contribution in [0.4, 0.5) is 4.39 Å². The molecule has 1 saturated carbocycles. The number of nitrogens with zero attached hydrogens (tertiary/aromatic N) is 1. The summed E-state index contributed by atoms with van der Waals surface area (Å²) in [6.45, 7) is 0.620. The number of aliphatic carboxylic acids is 1. The van der Waals surface area contributed by atoms with E-state index in [9.17, 15) is 28.7 Å². The Balaban J connectivity index is 2.03. The molecule has 0 spiro atoms. The molecule has 10 heteroatoms. The van der Waals surface area contributed by atoms with E-state index in [4.69, 9.17) is 5.11 Å². The molecule has 0 bridgehead atoms. The summed E-state index contributed by atoms with van der Waals surface area (Å²) in [6.07, 6.45) is 5.60. The van der Waals surface area contributed by atoms with Crippen LogP contribution in [0.2, 0.25) is 0 Å². The summed E-state index contributed by atoms with van der Waals surface area (Å²) >= 11 is 0. The Kier molecular flexibility index (Phi) is 7.47. The molecule has 2 amide bonds. The average molecular weight is 459 g/mol. The summed E-state index contributed by atoms with van der Waals surface area (Å²) in [5.74, 6) is -4.59. The van der Waals surface area contributed by atoms with E-state index < -0.39 is 47.0 Å². The van der Waals surface area contributed by atoms with Gasteiger partial charge >= 0.3 is 5.97 Å². The highest BCUT2D eigenvalue weighted by molar-refractivity contribution is 6.04. The van der Waals surface area contributed by atoms with Crippen LogP contribution in [0.5, 0.6) is 5.75 Å². The largest absolute Gasteiger partial charge is 0.506 e. The van der Waals surface area contributed by atoms with Crippen molar-refractivity contribution in [3.63, 3.8) is 0 Å². The maximum absolute atomic E-state index is 14.4. The fraction of sp³-hybridized carbons (Fsp3) is 0.391. The average Bonchev–Trinajstić information content (AvgIpc) is 2.76. The molecule has 33 heavy (non-hydrogen) atoms. The molecule has 0 atom stereocenters. The number of halogens is 1. The van der Waals surface area contributed by atoms with Crippen molar-refractivity contribution in [1.29, 1.82) is 0 Å². The zero-order valence-electron chi connectivity index (χ0n) is 18.2. The fourth-order valence-electron chi connectivity index (χ4n) is 3.86. The van der Waals surface area contributed by atoms with Gasteiger partial charge in [0.05, 0.1) is 12.1 Å². The van der Waals surface area contributed by atoms with Crippen LogP contribution < -0.4 is 16.2 Å². The molecule has 0 radical (unpaired) electrons. The highest BCUT2D eigenvalue weighted by atomic mass is 19.1. The molecule has 0 saturated heterocycles. The maximum Gasteiger partial charge on any atom is 0.322 e. The van der Waals surface area contributed by atoms with Crippen molar-refractivity contribution >= 4 is 17.8 Å². The van der Waals surface area contributed by atoms with Crippen molar-refractivity contribution in [1.82, 2.24) is 15.2 Å². The number of benzene rings is 1. The number of hydrogen-bond acceptors (Lipinski definition) is 5. The molecule has 0 aliphatic heterocycles. The van der Waals surface area contributed by atoms with Gasteiger partial charge in [-0.25, -0.2) is 4.39 Å². The Hall–Kier alpha value is -3.69. The normalized spacial score (nSPS) is 14.0. The van der Waals surface area contributed by atoms with E-state index in [0.29, 0.717) is 5.56 Å². The number of aromatic hydroxyl groups is 1. The first-order valence-corrected chi connectivity index (χ1v) is 10.7. The molecule has 2 aromatic rings. The predicted octanol–water partition coefficient (Wildman–Crippen LogP) is 1.93. The number of nitrogens with one attached hydrogen (secondary N) is 2. The van der Waals surface area contributed by atoms with Crippen molar-refractivity contribution in [2.45, 2.75) is 51.6 Å². The lowest BCUT2D eigenvalue weighted by Crippen LogP contribution is -2.39. The van der Waals surface area contributed by atoms with Crippen molar-refractivity contribution in [3.8, 4) is 5.75 Å². The molecule has 1 heterocycles. The van der Waals surface area contributed by atoms with E-state index in [-0.39, 0.29) is 23.7 Å². The van der Waals surface area contributed by atoms with E-state index in [1.165, 1.54) is 12.1 Å². The Morgan fingerprint density at radius 3 is 2.48 bits per heavy atom. The Morgan fingerprint density at radius 2 is 1.85 bits per heavy atom. The number of hydrogen-bond donors (Lipinski definition) is 4. The second kappa shape index (κ2) is 10.3. The van der Waals surface area contributed by atoms with E-state index >= 15 is 0 Å². The highest BCUT2D eigenvalue weighted by Gasteiger charge is 2.27. The van der Waals surface area contributed by atoms with E-state index in [1.807, 2.05) is 5.32 Å². The topological polar surface area (TPSA) is 138 Å². The second-order valence-electron chi connectivity index (χ2n) is 8.18. The van der Waals surface area contributed by atoms with Crippen molar-refractivity contribution in [2.75, 3.05) is 6.54 Å². The number of rotatable bonds is 7. The summed E-state index contributed by atoms with van der Waals surface area (Å²) in [6, 6.07) is 4.32. The standard InChI is InChI=1S/C23H26FN3O6/c1-13-7-8-14(17(24)9-13)11-27-12-16(21(31)26-15-5-3-2-4-6-15)20(30)19(23(27)33)22(32)25-10-18(28)29/h7-9,12,15,30H,2-6,10-11H2,1H3,(H,25,32)(H,26,31)(H,28,29). The molecular formula is C23H26FN3O6. The number of carboxylic acid groups (broad SMARTS) is 1. The summed E-state index contributed by atoms with van der Waals surface area (Å²) in [5.41, 5.74) is -1.27. The molecule has 1 aliphatic carbocycles. The van der Waals surface area contributed by atoms with Gasteiger partial charge in [0.2, 0.25) is 0 Å². The highest BCUT2D eigenvalue weighted by Crippen LogP contribution is 2.23. The molecule has 1 aromatic carbocycles.